The van der Waals surface area contributed by atoms with Crippen LogP contribution in [-0.4, -0.2) is 5.11 Å². The van der Waals surface area contributed by atoms with Crippen molar-refractivity contribution in [1.29, 1.82) is 0 Å². The highest BCUT2D eigenvalue weighted by molar-refractivity contribution is 5.22. The van der Waals surface area contributed by atoms with E-state index in [4.69, 9.17) is 0 Å². The molecule has 0 aliphatic heterocycles. The lowest BCUT2D eigenvalue weighted by Crippen LogP contribution is -2.18. The van der Waals surface area contributed by atoms with Gasteiger partial charge < -0.3 is 5.11 Å². The fourth-order valence-corrected chi connectivity index (χ4v) is 2.48. The van der Waals surface area contributed by atoms with Crippen molar-refractivity contribution < 1.29 is 13.9 Å². The maximum Gasteiger partial charge on any atom is 0.131 e. The van der Waals surface area contributed by atoms with Gasteiger partial charge in [-0.15, -0.1) is 0 Å². The first-order valence-corrected chi connectivity index (χ1v) is 5.82. The summed E-state index contributed by atoms with van der Waals surface area (Å²) in [6, 6.07) is 3.72. The van der Waals surface area contributed by atoms with Gasteiger partial charge in [-0.05, 0) is 30.9 Å². The summed E-state index contributed by atoms with van der Waals surface area (Å²) in [5.74, 6) is -1.28. The topological polar surface area (TPSA) is 20.2 Å². The van der Waals surface area contributed by atoms with Crippen LogP contribution in [0.2, 0.25) is 0 Å². The van der Waals surface area contributed by atoms with E-state index in [0.717, 1.165) is 32.1 Å². The Morgan fingerprint density at radius 2 is 1.62 bits per heavy atom. The summed E-state index contributed by atoms with van der Waals surface area (Å²) in [6.45, 7) is 0. The van der Waals surface area contributed by atoms with Gasteiger partial charge in [0, 0.05) is 0 Å². The first-order chi connectivity index (χ1) is 7.70. The molecule has 0 spiro atoms. The Balaban J connectivity index is 2.22. The predicted molar refractivity (Wildman–Crippen MR) is 57.9 cm³/mol. The second-order valence-corrected chi connectivity index (χ2v) is 4.48. The van der Waals surface area contributed by atoms with Crippen molar-refractivity contribution in [2.24, 2.45) is 5.92 Å². The molecule has 0 bridgehead atoms. The number of benzene rings is 1. The lowest BCUT2D eigenvalue weighted by atomic mass is 9.82. The zero-order valence-electron chi connectivity index (χ0n) is 9.13. The van der Waals surface area contributed by atoms with E-state index in [0.29, 0.717) is 0 Å². The van der Waals surface area contributed by atoms with Crippen LogP contribution in [0, 0.1) is 17.6 Å². The monoisotopic (exact) mass is 226 g/mol. The Morgan fingerprint density at radius 1 is 1.06 bits per heavy atom. The summed E-state index contributed by atoms with van der Waals surface area (Å²) < 4.78 is 26.9. The van der Waals surface area contributed by atoms with Gasteiger partial charge in [0.25, 0.3) is 0 Å². The van der Waals surface area contributed by atoms with Gasteiger partial charge in [-0.1, -0.05) is 25.3 Å². The molecule has 1 N–H and O–H groups in total. The fraction of sp³-hybridized carbons (Fsp3) is 0.538. The van der Waals surface area contributed by atoms with Gasteiger partial charge in [-0.2, -0.15) is 0 Å². The molecule has 1 aliphatic carbocycles. The molecular formula is C13H16F2O. The fourth-order valence-electron chi connectivity index (χ4n) is 2.48. The third kappa shape index (κ3) is 2.24. The number of hydrogen-bond donors (Lipinski definition) is 1. The minimum Gasteiger partial charge on any atom is -0.388 e. The van der Waals surface area contributed by atoms with Crippen LogP contribution < -0.4 is 0 Å². The Hall–Kier alpha value is -0.960. The van der Waals surface area contributed by atoms with Crippen LogP contribution in [0.3, 0.4) is 0 Å². The van der Waals surface area contributed by atoms with E-state index in [9.17, 15) is 13.9 Å². The largest absolute Gasteiger partial charge is 0.388 e. The van der Waals surface area contributed by atoms with E-state index < -0.39 is 17.7 Å². The van der Waals surface area contributed by atoms with E-state index in [2.05, 4.69) is 0 Å². The Bertz CT molecular complexity index is 339. The molecule has 1 fully saturated rings. The van der Waals surface area contributed by atoms with Crippen molar-refractivity contribution in [2.45, 2.75) is 38.2 Å². The number of halogens is 2. The van der Waals surface area contributed by atoms with Gasteiger partial charge in [-0.3, -0.25) is 0 Å². The second kappa shape index (κ2) is 4.91. The lowest BCUT2D eigenvalue weighted by molar-refractivity contribution is 0.0782. The molecule has 88 valence electrons. The Morgan fingerprint density at radius 3 is 2.19 bits per heavy atom. The molecule has 3 heteroatoms. The molecule has 16 heavy (non-hydrogen) atoms. The number of aliphatic hydroxyl groups is 1. The standard InChI is InChI=1S/C13H16F2O/c14-10-7-4-8-11(15)12(10)13(16)9-5-2-1-3-6-9/h4,7-9,13,16H,1-3,5-6H2. The molecule has 0 saturated heterocycles. The van der Waals surface area contributed by atoms with Gasteiger partial charge in [0.05, 0.1) is 11.7 Å². The molecule has 0 aromatic heterocycles. The highest BCUT2D eigenvalue weighted by Gasteiger charge is 2.27. The van der Waals surface area contributed by atoms with Gasteiger partial charge in [0.1, 0.15) is 11.6 Å². The molecular weight excluding hydrogens is 210 g/mol. The molecule has 1 aromatic rings. The maximum absolute atomic E-state index is 13.5. The first-order valence-electron chi connectivity index (χ1n) is 5.82. The van der Waals surface area contributed by atoms with E-state index in [-0.39, 0.29) is 11.5 Å². The smallest absolute Gasteiger partial charge is 0.131 e. The van der Waals surface area contributed by atoms with Crippen molar-refractivity contribution >= 4 is 0 Å². The van der Waals surface area contributed by atoms with Crippen molar-refractivity contribution in [3.63, 3.8) is 0 Å². The minimum absolute atomic E-state index is 0.000139. The Labute approximate surface area is 94.1 Å². The van der Waals surface area contributed by atoms with Crippen LogP contribution in [0.25, 0.3) is 0 Å². The van der Waals surface area contributed by atoms with Crippen molar-refractivity contribution in [3.05, 3.63) is 35.4 Å². The van der Waals surface area contributed by atoms with Crippen molar-refractivity contribution in [1.82, 2.24) is 0 Å². The minimum atomic E-state index is -0.999. The molecule has 1 unspecified atom stereocenters. The third-order valence-electron chi connectivity index (χ3n) is 3.39. The third-order valence-corrected chi connectivity index (χ3v) is 3.39. The predicted octanol–water partition coefficient (Wildman–Crippen LogP) is 3.58. The summed E-state index contributed by atoms with van der Waals surface area (Å²) in [6.07, 6.45) is 3.95. The summed E-state index contributed by atoms with van der Waals surface area (Å²) in [4.78, 5) is 0. The van der Waals surface area contributed by atoms with E-state index in [1.54, 1.807) is 0 Å². The van der Waals surface area contributed by atoms with Gasteiger partial charge in [0.2, 0.25) is 0 Å². The van der Waals surface area contributed by atoms with E-state index in [1.165, 1.54) is 18.2 Å². The SMILES string of the molecule is OC(c1c(F)cccc1F)C1CCCCC1. The summed E-state index contributed by atoms with van der Waals surface area (Å²) >= 11 is 0. The average molecular weight is 226 g/mol. The summed E-state index contributed by atoms with van der Waals surface area (Å²) in [5, 5.41) is 10.0. The molecule has 1 atom stereocenters. The molecule has 0 amide bonds. The lowest BCUT2D eigenvalue weighted by Gasteiger charge is -2.27. The molecule has 0 radical (unpaired) electrons. The normalized spacial score (nSPS) is 19.7. The molecule has 1 nitrogen and oxygen atoms in total. The summed E-state index contributed by atoms with van der Waals surface area (Å²) in [7, 11) is 0. The maximum atomic E-state index is 13.5. The molecule has 1 aliphatic rings. The highest BCUT2D eigenvalue weighted by atomic mass is 19.1. The van der Waals surface area contributed by atoms with Crippen LogP contribution in [0.15, 0.2) is 18.2 Å². The molecule has 2 rings (SSSR count). The second-order valence-electron chi connectivity index (χ2n) is 4.48. The van der Waals surface area contributed by atoms with Gasteiger partial charge >= 0.3 is 0 Å². The number of rotatable bonds is 2. The number of aliphatic hydroxyl groups excluding tert-OH is 1. The van der Waals surface area contributed by atoms with Crippen LogP contribution >= 0.6 is 0 Å². The van der Waals surface area contributed by atoms with Crippen LogP contribution in [0.4, 0.5) is 8.78 Å². The molecule has 1 aromatic carbocycles. The van der Waals surface area contributed by atoms with Gasteiger partial charge in [0.15, 0.2) is 0 Å². The van der Waals surface area contributed by atoms with Crippen molar-refractivity contribution in [3.8, 4) is 0 Å². The molecule has 1 saturated carbocycles. The number of hydrogen-bond acceptors (Lipinski definition) is 1. The van der Waals surface area contributed by atoms with Crippen LogP contribution in [-0.2, 0) is 0 Å². The van der Waals surface area contributed by atoms with Crippen molar-refractivity contribution in [2.75, 3.05) is 0 Å². The Kier molecular flexibility index (Phi) is 3.54. The quantitative estimate of drug-likeness (QED) is 0.817. The summed E-state index contributed by atoms with van der Waals surface area (Å²) in [5.41, 5.74) is -0.158. The van der Waals surface area contributed by atoms with E-state index >= 15 is 0 Å². The zero-order chi connectivity index (χ0) is 11.5. The van der Waals surface area contributed by atoms with Gasteiger partial charge in [-0.25, -0.2) is 8.78 Å². The van der Waals surface area contributed by atoms with E-state index in [1.807, 2.05) is 0 Å². The van der Waals surface area contributed by atoms with Crippen LogP contribution in [0.1, 0.15) is 43.8 Å². The average Bonchev–Trinajstić information content (AvgIpc) is 2.30. The van der Waals surface area contributed by atoms with Crippen LogP contribution in [0.5, 0.6) is 0 Å². The molecule has 0 heterocycles. The highest BCUT2D eigenvalue weighted by Crippen LogP contribution is 2.36. The zero-order valence-corrected chi connectivity index (χ0v) is 9.13. The first kappa shape index (κ1) is 11.5.